The topological polar surface area (TPSA) is 72.7 Å². The molecule has 2 aromatic heterocycles. The van der Waals surface area contributed by atoms with E-state index in [4.69, 9.17) is 11.6 Å². The van der Waals surface area contributed by atoms with Gasteiger partial charge in [0.15, 0.2) is 4.34 Å². The number of aryl methyl sites for hydroxylation is 1. The van der Waals surface area contributed by atoms with Crippen molar-refractivity contribution in [3.05, 3.63) is 16.9 Å². The molecule has 0 saturated heterocycles. The molecule has 9 heteroatoms. The summed E-state index contributed by atoms with van der Waals surface area (Å²) in [6, 6.07) is 0. The van der Waals surface area contributed by atoms with Gasteiger partial charge >= 0.3 is 0 Å². The molecule has 0 aromatic carbocycles. The van der Waals surface area contributed by atoms with Gasteiger partial charge < -0.3 is 0 Å². The number of halogens is 1. The van der Waals surface area contributed by atoms with Gasteiger partial charge in [0.25, 0.3) is 5.91 Å². The quantitative estimate of drug-likeness (QED) is 0.693. The highest BCUT2D eigenvalue weighted by molar-refractivity contribution is 8.01. The van der Waals surface area contributed by atoms with E-state index in [0.29, 0.717) is 15.8 Å². The second kappa shape index (κ2) is 5.68. The van der Waals surface area contributed by atoms with Crippen molar-refractivity contribution in [3.63, 3.8) is 0 Å². The smallest absolute Gasteiger partial charge is 0.277 e. The molecule has 2 aromatic rings. The first-order chi connectivity index (χ1) is 8.61. The van der Waals surface area contributed by atoms with E-state index in [1.54, 1.807) is 18.8 Å². The number of thioether (sulfide) groups is 1. The van der Waals surface area contributed by atoms with Crippen LogP contribution in [0.1, 0.15) is 17.4 Å². The predicted octanol–water partition coefficient (Wildman–Crippen LogP) is 2.29. The molecular formula is C9H10ClN5OS2. The molecule has 0 saturated carbocycles. The van der Waals surface area contributed by atoms with Gasteiger partial charge in [0.2, 0.25) is 5.13 Å². The molecule has 0 atom stereocenters. The number of aromatic nitrogens is 4. The fourth-order valence-corrected chi connectivity index (χ4v) is 3.16. The summed E-state index contributed by atoms with van der Waals surface area (Å²) >= 11 is 8.79. The maximum absolute atomic E-state index is 12.0. The largest absolute Gasteiger partial charge is 0.295 e. The molecule has 6 nitrogen and oxygen atoms in total. The summed E-state index contributed by atoms with van der Waals surface area (Å²) in [4.78, 5) is 12.0. The molecule has 1 N–H and O–H groups in total. The number of hydrogen-bond acceptors (Lipinski definition) is 6. The van der Waals surface area contributed by atoms with Crippen LogP contribution in [0.15, 0.2) is 10.5 Å². The van der Waals surface area contributed by atoms with E-state index in [2.05, 4.69) is 20.6 Å². The van der Waals surface area contributed by atoms with Crippen LogP contribution >= 0.6 is 34.7 Å². The average molecular weight is 304 g/mol. The van der Waals surface area contributed by atoms with Crippen molar-refractivity contribution in [2.45, 2.75) is 11.3 Å². The monoisotopic (exact) mass is 303 g/mol. The summed E-state index contributed by atoms with van der Waals surface area (Å²) in [7, 11) is 1.65. The number of rotatable bonds is 4. The molecule has 2 rings (SSSR count). The van der Waals surface area contributed by atoms with Crippen molar-refractivity contribution in [1.29, 1.82) is 0 Å². The second-order valence-electron chi connectivity index (χ2n) is 3.22. The summed E-state index contributed by atoms with van der Waals surface area (Å²) in [5, 5.41) is 15.1. The van der Waals surface area contributed by atoms with Gasteiger partial charge in [0, 0.05) is 7.05 Å². The molecule has 18 heavy (non-hydrogen) atoms. The molecule has 0 aliphatic rings. The Balaban J connectivity index is 2.11. The number of amides is 1. The number of hydrogen-bond donors (Lipinski definition) is 1. The van der Waals surface area contributed by atoms with Crippen LogP contribution in [-0.2, 0) is 7.05 Å². The Morgan fingerprint density at radius 3 is 3.00 bits per heavy atom. The first-order valence-electron chi connectivity index (χ1n) is 5.07. The van der Waals surface area contributed by atoms with Gasteiger partial charge in [-0.15, -0.1) is 10.2 Å². The van der Waals surface area contributed by atoms with E-state index < -0.39 is 0 Å². The molecular weight excluding hydrogens is 294 g/mol. The predicted molar refractivity (Wildman–Crippen MR) is 72.5 cm³/mol. The molecule has 1 amide bonds. The van der Waals surface area contributed by atoms with Crippen molar-refractivity contribution >= 4 is 45.7 Å². The Bertz CT molecular complexity index is 548. The number of carbonyl (C=O) groups excluding carboxylic acids is 1. The van der Waals surface area contributed by atoms with E-state index in [9.17, 15) is 4.79 Å². The average Bonchev–Trinajstić information content (AvgIpc) is 2.87. The van der Waals surface area contributed by atoms with Crippen molar-refractivity contribution < 1.29 is 4.79 Å². The SMILES string of the molecule is CCSc1nnc(NC(=O)c2c(Cl)cnn2C)s1. The lowest BCUT2D eigenvalue weighted by Gasteiger charge is -2.01. The van der Waals surface area contributed by atoms with Crippen molar-refractivity contribution in [3.8, 4) is 0 Å². The minimum atomic E-state index is -0.343. The zero-order valence-corrected chi connectivity index (χ0v) is 12.1. The Hall–Kier alpha value is -1.12. The Morgan fingerprint density at radius 1 is 1.61 bits per heavy atom. The minimum Gasteiger partial charge on any atom is -0.295 e. The fourth-order valence-electron chi connectivity index (χ4n) is 1.26. The first kappa shape index (κ1) is 13.3. The third kappa shape index (κ3) is 2.82. The van der Waals surface area contributed by atoms with E-state index in [1.807, 2.05) is 6.92 Å². The zero-order valence-electron chi connectivity index (χ0n) is 9.68. The van der Waals surface area contributed by atoms with Crippen LogP contribution in [0, 0.1) is 0 Å². The number of nitrogens with one attached hydrogen (secondary N) is 1. The van der Waals surface area contributed by atoms with Crippen molar-refractivity contribution in [2.75, 3.05) is 11.1 Å². The lowest BCUT2D eigenvalue weighted by Crippen LogP contribution is -2.16. The Morgan fingerprint density at radius 2 is 2.39 bits per heavy atom. The van der Waals surface area contributed by atoms with Gasteiger partial charge in [-0.1, -0.05) is 41.6 Å². The van der Waals surface area contributed by atoms with Gasteiger partial charge in [-0.05, 0) is 5.75 Å². The summed E-state index contributed by atoms with van der Waals surface area (Å²) in [6.45, 7) is 2.03. The molecule has 0 spiro atoms. The van der Waals surface area contributed by atoms with Crippen LogP contribution in [0.5, 0.6) is 0 Å². The number of carbonyl (C=O) groups is 1. The van der Waals surface area contributed by atoms with Crippen LogP contribution in [0.3, 0.4) is 0 Å². The van der Waals surface area contributed by atoms with Crippen LogP contribution in [0.2, 0.25) is 5.02 Å². The van der Waals surface area contributed by atoms with E-state index >= 15 is 0 Å². The molecule has 2 heterocycles. The van der Waals surface area contributed by atoms with Crippen LogP contribution in [0.4, 0.5) is 5.13 Å². The summed E-state index contributed by atoms with van der Waals surface area (Å²) in [5.41, 5.74) is 0.302. The third-order valence-corrected chi connectivity index (χ3v) is 4.13. The van der Waals surface area contributed by atoms with Crippen LogP contribution in [0.25, 0.3) is 0 Å². The highest BCUT2D eigenvalue weighted by Gasteiger charge is 2.17. The summed E-state index contributed by atoms with van der Waals surface area (Å²) < 4.78 is 2.24. The standard InChI is InChI=1S/C9H10ClN5OS2/c1-3-17-9-14-13-8(18-9)12-7(16)6-5(10)4-11-15(6)2/h4H,3H2,1-2H3,(H,12,13,16). The normalized spacial score (nSPS) is 10.6. The van der Waals surface area contributed by atoms with Gasteiger partial charge in [0.05, 0.1) is 11.2 Å². The first-order valence-corrected chi connectivity index (χ1v) is 7.25. The van der Waals surface area contributed by atoms with E-state index in [0.717, 1.165) is 10.1 Å². The van der Waals surface area contributed by atoms with Crippen molar-refractivity contribution in [1.82, 2.24) is 20.0 Å². The molecule has 0 unspecified atom stereocenters. The molecule has 0 bridgehead atoms. The molecule has 0 aliphatic carbocycles. The maximum Gasteiger partial charge on any atom is 0.277 e. The van der Waals surface area contributed by atoms with Gasteiger partial charge in [0.1, 0.15) is 5.69 Å². The Labute approximate surface area is 117 Å². The van der Waals surface area contributed by atoms with Crippen LogP contribution < -0.4 is 5.32 Å². The molecule has 96 valence electrons. The lowest BCUT2D eigenvalue weighted by atomic mass is 10.4. The van der Waals surface area contributed by atoms with Gasteiger partial charge in [-0.25, -0.2) is 0 Å². The fraction of sp³-hybridized carbons (Fsp3) is 0.333. The Kier molecular flexibility index (Phi) is 4.20. The second-order valence-corrected chi connectivity index (χ2v) is 6.12. The number of nitrogens with zero attached hydrogens (tertiary/aromatic N) is 4. The molecule has 0 aliphatic heterocycles. The van der Waals surface area contributed by atoms with Crippen molar-refractivity contribution in [2.24, 2.45) is 7.05 Å². The maximum atomic E-state index is 12.0. The number of anilines is 1. The third-order valence-electron chi connectivity index (χ3n) is 2.00. The van der Waals surface area contributed by atoms with Gasteiger partial charge in [-0.3, -0.25) is 14.8 Å². The summed E-state index contributed by atoms with van der Waals surface area (Å²) in [5.74, 6) is 0.570. The zero-order chi connectivity index (χ0) is 13.1. The van der Waals surface area contributed by atoms with E-state index in [-0.39, 0.29) is 5.91 Å². The highest BCUT2D eigenvalue weighted by atomic mass is 35.5. The van der Waals surface area contributed by atoms with E-state index in [1.165, 1.54) is 22.2 Å². The lowest BCUT2D eigenvalue weighted by molar-refractivity contribution is 0.101. The highest BCUT2D eigenvalue weighted by Crippen LogP contribution is 2.25. The minimum absolute atomic E-state index is 0.302. The van der Waals surface area contributed by atoms with Gasteiger partial charge in [-0.2, -0.15) is 5.10 Å². The molecule has 0 fully saturated rings. The van der Waals surface area contributed by atoms with Crippen LogP contribution in [-0.4, -0.2) is 31.6 Å². The summed E-state index contributed by atoms with van der Waals surface area (Å²) in [6.07, 6.45) is 1.43. The molecule has 0 radical (unpaired) electrons.